The van der Waals surface area contributed by atoms with Crippen molar-refractivity contribution < 1.29 is 17.1 Å². The molecule has 0 unspecified atom stereocenters. The van der Waals surface area contributed by atoms with Crippen LogP contribution in [0.15, 0.2) is 137 Å². The Balaban J connectivity index is 0.000000286. The largest absolute Gasteiger partial charge is 0.208 e. The van der Waals surface area contributed by atoms with E-state index in [9.17, 15) is 0 Å². The number of nitrogens with zero attached hydrogens (tertiary/aromatic N) is 8. The Labute approximate surface area is 550 Å². The number of benzene rings is 4. The van der Waals surface area contributed by atoms with Crippen molar-refractivity contribution in [1.29, 1.82) is 0 Å². The Kier molecular flexibility index (Phi) is 40.9. The molecule has 0 fully saturated rings. The number of unbranched alkanes of at least 4 members (excludes halogenated alkanes) is 27. The molecule has 5 aliphatic rings. The fraction of sp³-hybridized carbons (Fsp3) is 0.562. The van der Waals surface area contributed by atoms with E-state index < -0.39 is 0 Å². The fourth-order valence-electron chi connectivity index (χ4n) is 10.7. The maximum Gasteiger partial charge on any atom is 0.164 e. The molecule has 4 aromatic carbocycles. The van der Waals surface area contributed by atoms with Gasteiger partial charge in [-0.1, -0.05) is 291 Å². The molecule has 473 valence electrons. The first-order chi connectivity index (χ1) is 42.0. The molecule has 0 saturated carbocycles. The molecule has 8 nitrogen and oxygen atoms in total. The first-order valence-electron chi connectivity index (χ1n) is 32.9. The van der Waals surface area contributed by atoms with Crippen molar-refractivity contribution in [2.75, 3.05) is 48.5 Å². The summed E-state index contributed by atoms with van der Waals surface area (Å²) < 4.78 is 0. The van der Waals surface area contributed by atoms with Crippen LogP contribution < -0.4 is 0 Å². The van der Waals surface area contributed by atoms with Gasteiger partial charge < -0.3 is 0 Å². The number of fused-ring (bicyclic) bond motifs is 16. The smallest absolute Gasteiger partial charge is 0.164 e. The van der Waals surface area contributed by atoms with Crippen molar-refractivity contribution in [3.63, 3.8) is 0 Å². The molecule has 5 aliphatic heterocycles. The molecule has 0 N–H and O–H groups in total. The SMILES string of the molecule is CCCCCCCCCCCCSC.CCCCCCCCCCCCSC.CCCCCCCCCCCCSC.CSC.[Cu].c1ccc2c(c1)C1=NC2=NC2=NC(=NC3=NC(=NC4=NC(=N1)c1ccccc14)c1ccccc13)c1ccccc12. The van der Waals surface area contributed by atoms with Crippen molar-refractivity contribution in [3.8, 4) is 0 Å². The van der Waals surface area contributed by atoms with Crippen molar-refractivity contribution in [1.82, 2.24) is 0 Å². The molecule has 0 aromatic heterocycles. The van der Waals surface area contributed by atoms with Crippen LogP contribution in [0.3, 0.4) is 0 Å². The fourth-order valence-corrected chi connectivity index (χ4v) is 12.1. The van der Waals surface area contributed by atoms with Crippen LogP contribution in [0.4, 0.5) is 0 Å². The molecule has 0 aliphatic carbocycles. The Bertz CT molecular complexity index is 2390. The van der Waals surface area contributed by atoms with Gasteiger partial charge in [-0.05, 0) is 67.8 Å². The summed E-state index contributed by atoms with van der Waals surface area (Å²) in [6.45, 7) is 6.85. The van der Waals surface area contributed by atoms with E-state index in [0.29, 0.717) is 46.7 Å². The van der Waals surface area contributed by atoms with E-state index in [1.807, 2.05) is 145 Å². The van der Waals surface area contributed by atoms with Gasteiger partial charge in [0.15, 0.2) is 46.7 Å². The summed E-state index contributed by atoms with van der Waals surface area (Å²) in [6, 6.07) is 31.8. The minimum Gasteiger partial charge on any atom is -0.208 e. The maximum absolute atomic E-state index is 4.95. The first-order valence-corrected chi connectivity index (χ1v) is 38.7. The standard InChI is InChI=1S/C32H16N8.3C13H28S.C2H6S.Cu/c1-2-10-18-17(9-1)25-33-26(18)38-28-21-13-5-6-14-22(21)30(35-28)40-32-24-16-8-7-15-23(24)31(36-32)39-29-20-12-4-3-11-19(20)27(34-29)37-25;3*1-3-4-5-6-7-8-9-10-11-12-13-14-2;1-3-2;/h1-16H;3*3-13H2,1-2H3;1-2H3;. The van der Waals surface area contributed by atoms with Gasteiger partial charge in [0.1, 0.15) is 0 Å². The summed E-state index contributed by atoms with van der Waals surface area (Å²) in [7, 11) is 0. The average molecular weight is 1290 g/mol. The number of hydrogen-bond acceptors (Lipinski definition) is 12. The summed E-state index contributed by atoms with van der Waals surface area (Å²) in [5.41, 5.74) is 7.15. The summed E-state index contributed by atoms with van der Waals surface area (Å²) in [5, 5.41) is 0. The van der Waals surface area contributed by atoms with E-state index in [4.69, 9.17) is 39.9 Å². The normalized spacial score (nSPS) is 13.4. The van der Waals surface area contributed by atoms with Crippen LogP contribution in [0.1, 0.15) is 258 Å². The van der Waals surface area contributed by atoms with Crippen LogP contribution in [0.2, 0.25) is 0 Å². The van der Waals surface area contributed by atoms with Gasteiger partial charge in [0.25, 0.3) is 0 Å². The third-order valence-corrected chi connectivity index (χ3v) is 17.5. The third-order valence-electron chi connectivity index (χ3n) is 15.4. The third kappa shape index (κ3) is 26.7. The van der Waals surface area contributed by atoms with Gasteiger partial charge >= 0.3 is 0 Å². The van der Waals surface area contributed by atoms with Crippen molar-refractivity contribution >= 4 is 93.7 Å². The van der Waals surface area contributed by atoms with Crippen LogP contribution in [-0.2, 0) is 17.1 Å². The van der Waals surface area contributed by atoms with Gasteiger partial charge in [-0.15, -0.1) is 0 Å². The quantitative estimate of drug-likeness (QED) is 0.0350. The van der Waals surface area contributed by atoms with E-state index in [-0.39, 0.29) is 17.1 Å². The first kappa shape index (κ1) is 74.6. The maximum atomic E-state index is 4.95. The van der Waals surface area contributed by atoms with Gasteiger partial charge in [-0.25, -0.2) is 39.9 Å². The molecule has 9 rings (SSSR count). The Morgan fingerprint density at radius 3 is 0.477 bits per heavy atom. The molecular weight excluding hydrogens is 1180 g/mol. The summed E-state index contributed by atoms with van der Waals surface area (Å²) in [6.07, 6.45) is 54.2. The summed E-state index contributed by atoms with van der Waals surface area (Å²) in [5.74, 6) is 8.49. The Hall–Kier alpha value is -3.84. The number of amidine groups is 8. The monoisotopic (exact) mass is 1290 g/mol. The molecule has 5 heterocycles. The zero-order valence-electron chi connectivity index (χ0n) is 54.1. The van der Waals surface area contributed by atoms with Gasteiger partial charge in [0, 0.05) is 61.6 Å². The molecule has 13 heteroatoms. The molecular formula is C73H106CuN8S4. The minimum absolute atomic E-state index is 0. The molecule has 0 atom stereocenters. The van der Waals surface area contributed by atoms with Crippen LogP contribution in [0.5, 0.6) is 0 Å². The van der Waals surface area contributed by atoms with Crippen molar-refractivity contribution in [3.05, 3.63) is 142 Å². The Morgan fingerprint density at radius 2 is 0.349 bits per heavy atom. The molecule has 4 aromatic rings. The van der Waals surface area contributed by atoms with E-state index in [2.05, 4.69) is 39.5 Å². The number of thioether (sulfide) groups is 4. The molecule has 0 saturated heterocycles. The number of aliphatic imine (C=N–C) groups is 8. The molecule has 0 amide bonds. The van der Waals surface area contributed by atoms with E-state index in [0.717, 1.165) is 44.5 Å². The predicted molar refractivity (Wildman–Crippen MR) is 388 cm³/mol. The number of rotatable bonds is 33. The van der Waals surface area contributed by atoms with Gasteiger partial charge in [-0.2, -0.15) is 47.0 Å². The van der Waals surface area contributed by atoms with Gasteiger partial charge in [0.05, 0.1) is 0 Å². The second-order valence-corrected chi connectivity index (χ2v) is 26.4. The summed E-state index contributed by atoms with van der Waals surface area (Å²) in [4.78, 5) is 39.3. The zero-order chi connectivity index (χ0) is 60.4. The Morgan fingerprint density at radius 1 is 0.221 bits per heavy atom. The predicted octanol–water partition coefficient (Wildman–Crippen LogP) is 21.6. The van der Waals surface area contributed by atoms with Crippen LogP contribution >= 0.6 is 47.0 Å². The number of hydrogen-bond donors (Lipinski definition) is 0. The van der Waals surface area contributed by atoms with Gasteiger partial charge in [0.2, 0.25) is 0 Å². The minimum atomic E-state index is 0. The van der Waals surface area contributed by atoms with E-state index in [1.165, 1.54) is 210 Å². The van der Waals surface area contributed by atoms with E-state index in [1.54, 1.807) is 11.8 Å². The second kappa shape index (κ2) is 47.2. The van der Waals surface area contributed by atoms with E-state index >= 15 is 0 Å². The molecule has 0 spiro atoms. The molecule has 86 heavy (non-hydrogen) atoms. The van der Waals surface area contributed by atoms with Gasteiger partial charge in [-0.3, -0.25) is 0 Å². The zero-order valence-corrected chi connectivity index (χ0v) is 58.3. The van der Waals surface area contributed by atoms with Crippen molar-refractivity contribution in [2.45, 2.75) is 213 Å². The average Bonchev–Trinajstić information content (AvgIpc) is 1.85. The summed E-state index contributed by atoms with van der Waals surface area (Å²) >= 11 is 7.69. The van der Waals surface area contributed by atoms with Crippen LogP contribution in [-0.4, -0.2) is 95.2 Å². The van der Waals surface area contributed by atoms with Crippen molar-refractivity contribution in [2.24, 2.45) is 39.9 Å². The molecule has 1 radical (unpaired) electrons. The second-order valence-electron chi connectivity index (χ2n) is 22.6. The van der Waals surface area contributed by atoms with Crippen LogP contribution in [0, 0.1) is 0 Å². The van der Waals surface area contributed by atoms with Crippen LogP contribution in [0.25, 0.3) is 0 Å². The topological polar surface area (TPSA) is 98.9 Å². The molecule has 8 bridgehead atoms.